The van der Waals surface area contributed by atoms with Gasteiger partial charge in [0.1, 0.15) is 13.2 Å². The van der Waals surface area contributed by atoms with Crippen LogP contribution in [0.15, 0.2) is 134 Å². The molecule has 0 bridgehead atoms. The van der Waals surface area contributed by atoms with Crippen LogP contribution in [-0.2, 0) is 33.3 Å². The third kappa shape index (κ3) is 80.6. The van der Waals surface area contributed by atoms with E-state index in [9.17, 15) is 19.5 Å². The summed E-state index contributed by atoms with van der Waals surface area (Å²) in [6.45, 7) is 4.56. The Kier molecular flexibility index (Phi) is 75.5. The molecule has 99 heavy (non-hydrogen) atoms. The number of aliphatic carboxylic acids is 1. The first kappa shape index (κ1) is 94.4. The van der Waals surface area contributed by atoms with E-state index in [0.717, 1.165) is 103 Å². The second-order valence-electron chi connectivity index (χ2n) is 28.7. The number of esters is 2. The quantitative estimate of drug-likeness (QED) is 0.0195. The van der Waals surface area contributed by atoms with E-state index in [1.807, 2.05) is 21.1 Å². The van der Waals surface area contributed by atoms with Gasteiger partial charge in [-0.1, -0.05) is 372 Å². The second-order valence-corrected chi connectivity index (χ2v) is 28.7. The molecule has 0 rings (SSSR count). The Balaban J connectivity index is 3.98. The van der Waals surface area contributed by atoms with Crippen molar-refractivity contribution in [2.75, 3.05) is 47.5 Å². The van der Waals surface area contributed by atoms with Crippen molar-refractivity contribution in [1.29, 1.82) is 0 Å². The Morgan fingerprint density at radius 1 is 0.303 bits per heavy atom. The van der Waals surface area contributed by atoms with E-state index in [4.69, 9.17) is 18.9 Å². The number of ether oxygens (including phenoxy) is 4. The van der Waals surface area contributed by atoms with Crippen molar-refractivity contribution >= 4 is 17.9 Å². The van der Waals surface area contributed by atoms with Crippen LogP contribution in [0.2, 0.25) is 0 Å². The number of hydrogen-bond acceptors (Lipinski definition) is 8. The molecule has 9 nitrogen and oxygen atoms in total. The number of likely N-dealkylation sites (N-methyl/N-ethyl adjacent to an activating group) is 1. The molecule has 9 heteroatoms. The smallest absolute Gasteiger partial charge is 0.306 e. The first-order valence-electron chi connectivity index (χ1n) is 41.3. The Morgan fingerprint density at radius 2 is 0.545 bits per heavy atom. The maximum absolute atomic E-state index is 13.0. The van der Waals surface area contributed by atoms with Crippen molar-refractivity contribution in [3.8, 4) is 0 Å². The van der Waals surface area contributed by atoms with Gasteiger partial charge in [0.05, 0.1) is 40.3 Å². The maximum Gasteiger partial charge on any atom is 0.306 e. The Morgan fingerprint density at radius 3 is 0.808 bits per heavy atom. The molecule has 0 fully saturated rings. The third-order valence-electron chi connectivity index (χ3n) is 17.9. The van der Waals surface area contributed by atoms with Gasteiger partial charge in [0, 0.05) is 12.8 Å². The number of carboxylic acids is 1. The van der Waals surface area contributed by atoms with Crippen LogP contribution in [0.1, 0.15) is 361 Å². The van der Waals surface area contributed by atoms with Gasteiger partial charge in [-0.2, -0.15) is 0 Å². The maximum atomic E-state index is 13.0. The van der Waals surface area contributed by atoms with E-state index in [2.05, 4.69) is 148 Å². The zero-order chi connectivity index (χ0) is 71.8. The normalized spacial score (nSPS) is 13.3. The van der Waals surface area contributed by atoms with Crippen molar-refractivity contribution < 1.29 is 42.9 Å². The van der Waals surface area contributed by atoms with E-state index in [-0.39, 0.29) is 32.2 Å². The van der Waals surface area contributed by atoms with Crippen LogP contribution in [0.5, 0.6) is 0 Å². The first-order chi connectivity index (χ1) is 48.6. The lowest BCUT2D eigenvalue weighted by molar-refractivity contribution is -0.870. The van der Waals surface area contributed by atoms with E-state index < -0.39 is 24.3 Å². The highest BCUT2D eigenvalue weighted by Gasteiger charge is 2.22. The summed E-state index contributed by atoms with van der Waals surface area (Å²) in [5.41, 5.74) is 0. The summed E-state index contributed by atoms with van der Waals surface area (Å²) < 4.78 is 22.9. The molecule has 0 heterocycles. The fourth-order valence-electron chi connectivity index (χ4n) is 11.7. The summed E-state index contributed by atoms with van der Waals surface area (Å²) in [4.78, 5) is 37.6. The van der Waals surface area contributed by atoms with Crippen LogP contribution in [0.3, 0.4) is 0 Å². The van der Waals surface area contributed by atoms with Crippen molar-refractivity contribution in [3.05, 3.63) is 134 Å². The SMILES string of the molecule is CC/C=C\C/C=C\C/C=C\C/C=C\C/C=C\C/C=C\CCCCCCCCCCCCCCCCCCCCCCCCC(=O)OC(COC(=O)CCCCCCCCCCCCCCCCCCC/C=C\C/C=C\C/C=C\C/C=C\C/C=C\CC)COC(OCC[N+](C)(C)C)C(=O)[O-]. The number of allylic oxidation sites excluding steroid dienone is 22. The van der Waals surface area contributed by atoms with Crippen LogP contribution in [0.4, 0.5) is 0 Å². The third-order valence-corrected chi connectivity index (χ3v) is 17.9. The standard InChI is InChI=1S/C90H155NO8/c1-6-8-10-12-14-16-18-20-22-24-26-28-30-32-34-36-38-40-41-42-43-44-45-46-47-49-51-53-55-57-59-61-63-65-67-69-71-73-75-77-79-81-88(93)99-86(85-98-90(89(94)95)96-83-82-91(3,4)5)84-97-87(92)80-78-76-74-72-70-68-66-64-62-60-58-56-54-52-50-48-39-37-35-33-31-29-27-25-23-21-19-17-15-13-11-9-7-2/h8-11,14-17,20-23,26-29,32-35,38,40,86,90H,6-7,12-13,18-19,24-25,30-31,36-37,39,41-85H2,1-5H3/b10-8-,11-9-,16-14-,17-15-,22-20-,23-21-,28-26-,29-27-,34-32-,35-33-,40-38-. The number of quaternary nitrogens is 1. The second kappa shape index (κ2) is 79.1. The van der Waals surface area contributed by atoms with Gasteiger partial charge in [0.2, 0.25) is 0 Å². The number of carbonyl (C=O) groups excluding carboxylic acids is 3. The molecule has 0 saturated heterocycles. The average molecular weight is 1380 g/mol. The van der Waals surface area contributed by atoms with Crippen LogP contribution in [-0.4, -0.2) is 82.3 Å². The topological polar surface area (TPSA) is 111 Å². The molecule has 0 aliphatic rings. The predicted octanol–water partition coefficient (Wildman–Crippen LogP) is 25.5. The number of nitrogens with zero attached hydrogens (tertiary/aromatic N) is 1. The number of rotatable bonds is 76. The average Bonchev–Trinajstić information content (AvgIpc) is 2.62. The molecule has 2 atom stereocenters. The van der Waals surface area contributed by atoms with Gasteiger partial charge in [-0.3, -0.25) is 9.59 Å². The van der Waals surface area contributed by atoms with Gasteiger partial charge in [0.25, 0.3) is 0 Å². The molecule has 0 aromatic heterocycles. The van der Waals surface area contributed by atoms with Crippen molar-refractivity contribution in [3.63, 3.8) is 0 Å². The molecule has 0 amide bonds. The van der Waals surface area contributed by atoms with E-state index in [1.54, 1.807) is 0 Å². The minimum absolute atomic E-state index is 0.146. The highest BCUT2D eigenvalue weighted by molar-refractivity contribution is 5.70. The zero-order valence-electron chi connectivity index (χ0n) is 65.1. The highest BCUT2D eigenvalue weighted by atomic mass is 16.7. The predicted molar refractivity (Wildman–Crippen MR) is 426 cm³/mol. The van der Waals surface area contributed by atoms with Gasteiger partial charge < -0.3 is 33.3 Å². The number of carboxylic acid groups (broad SMARTS) is 1. The summed E-state index contributed by atoms with van der Waals surface area (Å²) in [7, 11) is 5.94. The molecule has 0 aromatic carbocycles. The zero-order valence-corrected chi connectivity index (χ0v) is 65.1. The number of carbonyl (C=O) groups is 3. The lowest BCUT2D eigenvalue weighted by Crippen LogP contribution is -2.44. The van der Waals surface area contributed by atoms with Gasteiger partial charge in [-0.25, -0.2) is 0 Å². The Hall–Kier alpha value is -4.57. The fourth-order valence-corrected chi connectivity index (χ4v) is 11.7. The minimum Gasteiger partial charge on any atom is -0.545 e. The monoisotopic (exact) mass is 1380 g/mol. The van der Waals surface area contributed by atoms with Crippen molar-refractivity contribution in [2.45, 2.75) is 373 Å². The molecule has 0 aliphatic heterocycles. The Labute approximate surface area is 611 Å². The summed E-state index contributed by atoms with van der Waals surface area (Å²) in [6, 6.07) is 0. The largest absolute Gasteiger partial charge is 0.545 e. The lowest BCUT2D eigenvalue weighted by Gasteiger charge is -2.26. The van der Waals surface area contributed by atoms with E-state index in [0.29, 0.717) is 23.9 Å². The van der Waals surface area contributed by atoms with E-state index >= 15 is 0 Å². The first-order valence-corrected chi connectivity index (χ1v) is 41.3. The van der Waals surface area contributed by atoms with Crippen molar-refractivity contribution in [1.82, 2.24) is 0 Å². The van der Waals surface area contributed by atoms with Gasteiger partial charge in [-0.05, 0) is 109 Å². The number of unbranched alkanes of at least 4 members (excludes halogenated alkanes) is 39. The summed E-state index contributed by atoms with van der Waals surface area (Å²) >= 11 is 0. The molecule has 2 unspecified atom stereocenters. The summed E-state index contributed by atoms with van der Waals surface area (Å²) in [5.74, 6) is -2.27. The molecule has 0 spiro atoms. The molecule has 0 saturated carbocycles. The van der Waals surface area contributed by atoms with Crippen molar-refractivity contribution in [2.24, 2.45) is 0 Å². The van der Waals surface area contributed by atoms with Gasteiger partial charge >= 0.3 is 11.9 Å². The van der Waals surface area contributed by atoms with Crippen LogP contribution in [0.25, 0.3) is 0 Å². The molecule has 0 N–H and O–H groups in total. The molecule has 0 radical (unpaired) electrons. The van der Waals surface area contributed by atoms with Gasteiger partial charge in [0.15, 0.2) is 12.4 Å². The minimum atomic E-state index is -1.63. The van der Waals surface area contributed by atoms with Crippen LogP contribution < -0.4 is 5.11 Å². The molecule has 0 aliphatic carbocycles. The molecule has 0 aromatic rings. The molecular weight excluding hydrogens is 1220 g/mol. The number of hydrogen-bond donors (Lipinski definition) is 0. The molecular formula is C90H155NO8. The lowest BCUT2D eigenvalue weighted by atomic mass is 10.0. The van der Waals surface area contributed by atoms with E-state index in [1.165, 1.54) is 225 Å². The summed E-state index contributed by atoms with van der Waals surface area (Å²) in [5, 5.41) is 11.9. The van der Waals surface area contributed by atoms with Crippen LogP contribution >= 0.6 is 0 Å². The Bertz CT molecular complexity index is 2100. The summed E-state index contributed by atoms with van der Waals surface area (Å²) in [6.07, 6.45) is 112. The molecule has 568 valence electrons. The highest BCUT2D eigenvalue weighted by Crippen LogP contribution is 2.19. The fraction of sp³-hybridized carbons (Fsp3) is 0.722. The van der Waals surface area contributed by atoms with Gasteiger partial charge in [-0.15, -0.1) is 0 Å². The van der Waals surface area contributed by atoms with Crippen LogP contribution in [0, 0.1) is 0 Å².